The van der Waals surface area contributed by atoms with Crippen molar-refractivity contribution in [2.24, 2.45) is 0 Å². The first-order chi connectivity index (χ1) is 15.8. The number of esters is 1. The number of thiocarbonyl (C=S) groups is 1. The largest absolute Gasteiger partial charge is 0.478 e. The second-order valence-corrected chi connectivity index (χ2v) is 8.81. The van der Waals surface area contributed by atoms with E-state index in [1.807, 2.05) is 0 Å². The summed E-state index contributed by atoms with van der Waals surface area (Å²) in [7, 11) is 1.26. The van der Waals surface area contributed by atoms with E-state index in [9.17, 15) is 19.5 Å². The van der Waals surface area contributed by atoms with Crippen molar-refractivity contribution in [2.45, 2.75) is 0 Å². The molecule has 33 heavy (non-hydrogen) atoms. The molecule has 3 aromatic rings. The third kappa shape index (κ3) is 4.43. The number of para-hydroxylation sites is 1. The smallest absolute Gasteiger partial charge is 0.339 e. The average molecular weight is 500 g/mol. The van der Waals surface area contributed by atoms with E-state index in [-0.39, 0.29) is 20.5 Å². The number of hydrogen-bond acceptors (Lipinski definition) is 7. The second-order valence-electron chi connectivity index (χ2n) is 6.73. The number of amides is 1. The molecule has 1 fully saturated rings. The first-order valence-corrected chi connectivity index (χ1v) is 11.0. The molecule has 1 N–H and O–H groups in total. The predicted octanol–water partition coefficient (Wildman–Crippen LogP) is 5.49. The van der Waals surface area contributed by atoms with Gasteiger partial charge in [-0.1, -0.05) is 47.7 Å². The molecule has 1 aromatic heterocycles. The van der Waals surface area contributed by atoms with Crippen LogP contribution in [-0.4, -0.2) is 34.4 Å². The lowest BCUT2D eigenvalue weighted by Gasteiger charge is -2.17. The first kappa shape index (κ1) is 22.8. The van der Waals surface area contributed by atoms with Gasteiger partial charge >= 0.3 is 11.9 Å². The maximum absolute atomic E-state index is 13.1. The number of aromatic carboxylic acids is 1. The van der Waals surface area contributed by atoms with Crippen molar-refractivity contribution in [3.63, 3.8) is 0 Å². The SMILES string of the molecule is COC(=O)c1ccccc1N1C(=O)/C(=C\c2ccc(-c3ccc(Cl)c(C(=O)O)c3)o2)SC1=S. The topological polar surface area (TPSA) is 97.0 Å². The molecule has 2 heterocycles. The fraction of sp³-hybridized carbons (Fsp3) is 0.0435. The molecular weight excluding hydrogens is 486 g/mol. The fourth-order valence-electron chi connectivity index (χ4n) is 3.18. The number of ether oxygens (including phenoxy) is 1. The highest BCUT2D eigenvalue weighted by atomic mass is 35.5. The third-order valence-electron chi connectivity index (χ3n) is 4.73. The number of carboxylic acids is 1. The third-order valence-corrected chi connectivity index (χ3v) is 6.36. The highest BCUT2D eigenvalue weighted by molar-refractivity contribution is 8.27. The molecule has 1 amide bonds. The second kappa shape index (κ2) is 9.22. The minimum atomic E-state index is -1.15. The van der Waals surface area contributed by atoms with Crippen molar-refractivity contribution < 1.29 is 28.6 Å². The minimum absolute atomic E-state index is 0.0442. The van der Waals surface area contributed by atoms with Gasteiger partial charge in [0.25, 0.3) is 5.91 Å². The molecule has 0 saturated carbocycles. The van der Waals surface area contributed by atoms with Crippen molar-refractivity contribution in [1.29, 1.82) is 0 Å². The van der Waals surface area contributed by atoms with Gasteiger partial charge in [-0.15, -0.1) is 0 Å². The Morgan fingerprint density at radius 2 is 1.91 bits per heavy atom. The quantitative estimate of drug-likeness (QED) is 0.279. The highest BCUT2D eigenvalue weighted by Gasteiger charge is 2.35. The summed E-state index contributed by atoms with van der Waals surface area (Å²) in [5.74, 6) is -1.35. The molecule has 0 atom stereocenters. The molecule has 2 aromatic carbocycles. The summed E-state index contributed by atoms with van der Waals surface area (Å²) in [6.45, 7) is 0. The van der Waals surface area contributed by atoms with Crippen molar-refractivity contribution >= 4 is 69.5 Å². The lowest BCUT2D eigenvalue weighted by atomic mass is 10.1. The number of carbonyl (C=O) groups excluding carboxylic acids is 2. The lowest BCUT2D eigenvalue weighted by molar-refractivity contribution is -0.113. The van der Waals surface area contributed by atoms with Crippen LogP contribution in [0.15, 0.2) is 63.9 Å². The van der Waals surface area contributed by atoms with Gasteiger partial charge in [0, 0.05) is 11.6 Å². The summed E-state index contributed by atoms with van der Waals surface area (Å²) in [5, 5.41) is 9.38. The van der Waals surface area contributed by atoms with E-state index in [0.29, 0.717) is 27.7 Å². The van der Waals surface area contributed by atoms with Crippen LogP contribution in [0.2, 0.25) is 5.02 Å². The number of furan rings is 1. The molecule has 4 rings (SSSR count). The normalized spacial score (nSPS) is 14.7. The Kier molecular flexibility index (Phi) is 6.37. The maximum Gasteiger partial charge on any atom is 0.339 e. The van der Waals surface area contributed by atoms with E-state index in [4.69, 9.17) is 33.0 Å². The number of carboxylic acid groups (broad SMARTS) is 1. The summed E-state index contributed by atoms with van der Waals surface area (Å²) >= 11 is 12.4. The van der Waals surface area contributed by atoms with Gasteiger partial charge in [0.15, 0.2) is 4.32 Å². The fourth-order valence-corrected chi connectivity index (χ4v) is 4.65. The van der Waals surface area contributed by atoms with Crippen LogP contribution in [0.3, 0.4) is 0 Å². The Morgan fingerprint density at radius 1 is 1.15 bits per heavy atom. The summed E-state index contributed by atoms with van der Waals surface area (Å²) in [4.78, 5) is 38.1. The Balaban J connectivity index is 1.64. The molecule has 7 nitrogen and oxygen atoms in total. The zero-order valence-electron chi connectivity index (χ0n) is 16.9. The van der Waals surface area contributed by atoms with E-state index >= 15 is 0 Å². The predicted molar refractivity (Wildman–Crippen MR) is 130 cm³/mol. The maximum atomic E-state index is 13.1. The summed E-state index contributed by atoms with van der Waals surface area (Å²) < 4.78 is 10.9. The van der Waals surface area contributed by atoms with Crippen LogP contribution in [-0.2, 0) is 9.53 Å². The molecule has 1 saturated heterocycles. The van der Waals surface area contributed by atoms with Crippen LogP contribution in [0.25, 0.3) is 17.4 Å². The molecule has 10 heteroatoms. The van der Waals surface area contributed by atoms with Gasteiger partial charge in [-0.2, -0.15) is 0 Å². The number of hydrogen-bond donors (Lipinski definition) is 1. The number of halogens is 1. The number of anilines is 1. The van der Waals surface area contributed by atoms with Crippen LogP contribution in [0.1, 0.15) is 26.5 Å². The molecule has 166 valence electrons. The van der Waals surface area contributed by atoms with Gasteiger partial charge in [-0.25, -0.2) is 9.59 Å². The van der Waals surface area contributed by atoms with Crippen LogP contribution in [0.4, 0.5) is 5.69 Å². The van der Waals surface area contributed by atoms with Gasteiger partial charge in [-0.3, -0.25) is 9.69 Å². The first-order valence-electron chi connectivity index (χ1n) is 9.38. The van der Waals surface area contributed by atoms with Crippen LogP contribution >= 0.6 is 35.6 Å². The van der Waals surface area contributed by atoms with Gasteiger partial charge in [0.1, 0.15) is 11.5 Å². The van der Waals surface area contributed by atoms with Crippen molar-refractivity contribution in [1.82, 2.24) is 0 Å². The van der Waals surface area contributed by atoms with Crippen molar-refractivity contribution in [3.05, 3.63) is 81.4 Å². The minimum Gasteiger partial charge on any atom is -0.478 e. The molecule has 0 bridgehead atoms. The molecule has 0 aliphatic carbocycles. The summed E-state index contributed by atoms with van der Waals surface area (Å²) in [5.41, 5.74) is 1.03. The molecule has 0 spiro atoms. The number of benzene rings is 2. The number of thioether (sulfide) groups is 1. The molecular formula is C23H14ClNO6S2. The standard InChI is InChI=1S/C23H14ClNO6S2/c1-30-22(29)14-4-2-3-5-17(14)25-20(26)19(33-23(25)32)11-13-7-9-18(31-13)12-6-8-16(24)15(10-12)21(27)28/h2-11H,1H3,(H,27,28)/b19-11+. The monoisotopic (exact) mass is 499 g/mol. The zero-order valence-corrected chi connectivity index (χ0v) is 19.3. The van der Waals surface area contributed by atoms with E-state index in [0.717, 1.165) is 11.8 Å². The number of rotatable bonds is 5. The van der Waals surface area contributed by atoms with Crippen molar-refractivity contribution in [2.75, 3.05) is 12.0 Å². The molecule has 1 aliphatic heterocycles. The number of carbonyl (C=O) groups is 3. The van der Waals surface area contributed by atoms with E-state index in [1.54, 1.807) is 42.5 Å². The Labute approximate surface area is 202 Å². The van der Waals surface area contributed by atoms with Crippen LogP contribution in [0.5, 0.6) is 0 Å². The molecule has 0 radical (unpaired) electrons. The average Bonchev–Trinajstić information content (AvgIpc) is 3.37. The van der Waals surface area contributed by atoms with E-state index in [1.165, 1.54) is 30.2 Å². The van der Waals surface area contributed by atoms with Gasteiger partial charge < -0.3 is 14.3 Å². The Hall–Kier alpha value is -3.40. The van der Waals surface area contributed by atoms with Gasteiger partial charge in [0.05, 0.1) is 33.9 Å². The molecule has 0 unspecified atom stereocenters. The Morgan fingerprint density at radius 3 is 2.64 bits per heavy atom. The van der Waals surface area contributed by atoms with Crippen molar-refractivity contribution in [3.8, 4) is 11.3 Å². The summed E-state index contributed by atoms with van der Waals surface area (Å²) in [6, 6.07) is 14.4. The number of nitrogens with zero attached hydrogens (tertiary/aromatic N) is 1. The van der Waals surface area contributed by atoms with E-state index < -0.39 is 17.8 Å². The molecule has 1 aliphatic rings. The van der Waals surface area contributed by atoms with E-state index in [2.05, 4.69) is 0 Å². The lowest BCUT2D eigenvalue weighted by Crippen LogP contribution is -2.29. The highest BCUT2D eigenvalue weighted by Crippen LogP contribution is 2.38. The number of methoxy groups -OCH3 is 1. The van der Waals surface area contributed by atoms with Gasteiger partial charge in [0.2, 0.25) is 0 Å². The zero-order chi connectivity index (χ0) is 23.7. The Bertz CT molecular complexity index is 1350. The summed E-state index contributed by atoms with van der Waals surface area (Å²) in [6.07, 6.45) is 1.54. The van der Waals surface area contributed by atoms with Crippen LogP contribution in [0, 0.1) is 0 Å². The van der Waals surface area contributed by atoms with Gasteiger partial charge in [-0.05, 0) is 42.5 Å². The van der Waals surface area contributed by atoms with Crippen LogP contribution < -0.4 is 4.90 Å².